The van der Waals surface area contributed by atoms with Crippen LogP contribution in [-0.4, -0.2) is 35.2 Å². The molecule has 1 aliphatic carbocycles. The van der Waals surface area contributed by atoms with E-state index >= 15 is 0 Å². The largest absolute Gasteiger partial charge is 0.497 e. The molecule has 2 atom stereocenters. The van der Waals surface area contributed by atoms with Crippen molar-refractivity contribution in [1.82, 2.24) is 4.90 Å². The van der Waals surface area contributed by atoms with Crippen LogP contribution in [0.4, 0.5) is 0 Å². The van der Waals surface area contributed by atoms with Crippen molar-refractivity contribution in [3.8, 4) is 5.75 Å². The summed E-state index contributed by atoms with van der Waals surface area (Å²) in [5.41, 5.74) is 2.55. The molecular weight excluding hydrogens is 250 g/mol. The van der Waals surface area contributed by atoms with Crippen molar-refractivity contribution in [2.75, 3.05) is 13.7 Å². The molecule has 0 aromatic heterocycles. The highest BCUT2D eigenvalue weighted by atomic mass is 16.5. The molecule has 0 saturated carbocycles. The normalized spacial score (nSPS) is 29.2. The Morgan fingerprint density at radius 3 is 2.80 bits per heavy atom. The van der Waals surface area contributed by atoms with Gasteiger partial charge in [-0.25, -0.2) is 0 Å². The first-order chi connectivity index (χ1) is 9.53. The van der Waals surface area contributed by atoms with Gasteiger partial charge in [0, 0.05) is 11.6 Å². The summed E-state index contributed by atoms with van der Waals surface area (Å²) in [5, 5.41) is 10.8. The van der Waals surface area contributed by atoms with E-state index in [1.54, 1.807) is 7.11 Å². The number of rotatable bonds is 2. The molecule has 2 aliphatic rings. The second kappa shape index (κ2) is 5.05. The zero-order valence-electron chi connectivity index (χ0n) is 12.7. The number of aryl methyl sites for hydroxylation is 1. The van der Waals surface area contributed by atoms with Gasteiger partial charge in [-0.2, -0.15) is 0 Å². The van der Waals surface area contributed by atoms with Gasteiger partial charge in [-0.1, -0.05) is 6.07 Å². The van der Waals surface area contributed by atoms with Gasteiger partial charge in [0.05, 0.1) is 13.2 Å². The molecule has 0 radical (unpaired) electrons. The maximum Gasteiger partial charge on any atom is 0.119 e. The third kappa shape index (κ3) is 2.23. The first kappa shape index (κ1) is 13.9. The first-order valence-corrected chi connectivity index (χ1v) is 7.64. The highest BCUT2D eigenvalue weighted by Crippen LogP contribution is 2.40. The molecule has 1 aromatic rings. The van der Waals surface area contributed by atoms with Gasteiger partial charge >= 0.3 is 0 Å². The van der Waals surface area contributed by atoms with Crippen molar-refractivity contribution in [3.63, 3.8) is 0 Å². The lowest BCUT2D eigenvalue weighted by molar-refractivity contribution is 0.00425. The minimum Gasteiger partial charge on any atom is -0.497 e. The summed E-state index contributed by atoms with van der Waals surface area (Å²) >= 11 is 0. The van der Waals surface area contributed by atoms with Crippen LogP contribution in [0.1, 0.15) is 50.3 Å². The number of fused-ring (bicyclic) bond motifs is 1. The molecule has 3 rings (SSSR count). The molecule has 20 heavy (non-hydrogen) atoms. The number of methoxy groups -OCH3 is 1. The third-order valence-electron chi connectivity index (χ3n) is 5.11. The van der Waals surface area contributed by atoms with Gasteiger partial charge in [-0.05, 0) is 69.3 Å². The lowest BCUT2D eigenvalue weighted by Gasteiger charge is -2.43. The van der Waals surface area contributed by atoms with Crippen LogP contribution in [-0.2, 0) is 6.42 Å². The second-order valence-electron chi connectivity index (χ2n) is 6.72. The molecule has 0 bridgehead atoms. The molecule has 1 heterocycles. The Bertz CT molecular complexity index is 498. The van der Waals surface area contributed by atoms with Crippen molar-refractivity contribution in [3.05, 3.63) is 29.3 Å². The van der Waals surface area contributed by atoms with Gasteiger partial charge in [0.15, 0.2) is 0 Å². The summed E-state index contributed by atoms with van der Waals surface area (Å²) in [4.78, 5) is 2.52. The Morgan fingerprint density at radius 2 is 2.15 bits per heavy atom. The van der Waals surface area contributed by atoms with Crippen molar-refractivity contribution < 1.29 is 9.84 Å². The maximum atomic E-state index is 10.8. The molecule has 1 fully saturated rings. The summed E-state index contributed by atoms with van der Waals surface area (Å²) in [5.74, 6) is 0.885. The highest BCUT2D eigenvalue weighted by Gasteiger charge is 2.41. The predicted molar refractivity (Wildman–Crippen MR) is 80.1 cm³/mol. The Morgan fingerprint density at radius 1 is 1.35 bits per heavy atom. The lowest BCUT2D eigenvalue weighted by atomic mass is 9.83. The smallest absolute Gasteiger partial charge is 0.119 e. The van der Waals surface area contributed by atoms with E-state index in [9.17, 15) is 5.11 Å². The number of aliphatic hydroxyl groups excluding tert-OH is 1. The SMILES string of the molecule is COc1ccc2c(c1)CCC(N1CCCC1(C)C)C2O. The number of hydrogen-bond donors (Lipinski definition) is 1. The number of nitrogens with zero attached hydrogens (tertiary/aromatic N) is 1. The monoisotopic (exact) mass is 275 g/mol. The van der Waals surface area contributed by atoms with Crippen LogP contribution in [0.3, 0.4) is 0 Å². The molecule has 3 heteroatoms. The molecule has 0 spiro atoms. The number of ether oxygens (including phenoxy) is 1. The fourth-order valence-electron chi connectivity index (χ4n) is 3.95. The van der Waals surface area contributed by atoms with Gasteiger partial charge in [-0.3, -0.25) is 4.90 Å². The lowest BCUT2D eigenvalue weighted by Crippen LogP contribution is -2.49. The Balaban J connectivity index is 1.87. The molecular formula is C17H25NO2. The minimum absolute atomic E-state index is 0.218. The molecule has 1 aliphatic heterocycles. The molecule has 0 amide bonds. The molecule has 1 N–H and O–H groups in total. The van der Waals surface area contributed by atoms with E-state index in [4.69, 9.17) is 4.74 Å². The average molecular weight is 275 g/mol. The van der Waals surface area contributed by atoms with E-state index in [2.05, 4.69) is 24.8 Å². The van der Waals surface area contributed by atoms with E-state index in [0.29, 0.717) is 0 Å². The van der Waals surface area contributed by atoms with Crippen LogP contribution in [0.2, 0.25) is 0 Å². The minimum atomic E-state index is -0.373. The van der Waals surface area contributed by atoms with Crippen LogP contribution in [0.15, 0.2) is 18.2 Å². The molecule has 1 aromatic carbocycles. The number of hydrogen-bond acceptors (Lipinski definition) is 3. The summed E-state index contributed by atoms with van der Waals surface area (Å²) in [7, 11) is 1.69. The molecule has 110 valence electrons. The van der Waals surface area contributed by atoms with Gasteiger partial charge < -0.3 is 9.84 Å². The van der Waals surface area contributed by atoms with Crippen LogP contribution in [0.25, 0.3) is 0 Å². The number of likely N-dealkylation sites (tertiary alicyclic amines) is 1. The topological polar surface area (TPSA) is 32.7 Å². The van der Waals surface area contributed by atoms with E-state index in [-0.39, 0.29) is 17.7 Å². The second-order valence-corrected chi connectivity index (χ2v) is 6.72. The van der Waals surface area contributed by atoms with E-state index < -0.39 is 0 Å². The zero-order valence-corrected chi connectivity index (χ0v) is 12.7. The summed E-state index contributed by atoms with van der Waals surface area (Å²) in [6.07, 6.45) is 4.16. The Labute approximate surface area is 121 Å². The third-order valence-corrected chi connectivity index (χ3v) is 5.11. The van der Waals surface area contributed by atoms with E-state index in [1.165, 1.54) is 18.4 Å². The molecule has 3 nitrogen and oxygen atoms in total. The average Bonchev–Trinajstić information content (AvgIpc) is 2.78. The van der Waals surface area contributed by atoms with Crippen molar-refractivity contribution in [2.45, 2.75) is 57.2 Å². The fraction of sp³-hybridized carbons (Fsp3) is 0.647. The van der Waals surface area contributed by atoms with Gasteiger partial charge in [0.1, 0.15) is 5.75 Å². The first-order valence-electron chi connectivity index (χ1n) is 7.64. The highest BCUT2D eigenvalue weighted by molar-refractivity contribution is 5.39. The summed E-state index contributed by atoms with van der Waals surface area (Å²) < 4.78 is 5.28. The summed E-state index contributed by atoms with van der Waals surface area (Å²) in [6, 6.07) is 6.32. The van der Waals surface area contributed by atoms with E-state index in [0.717, 1.165) is 30.7 Å². The fourth-order valence-corrected chi connectivity index (χ4v) is 3.95. The van der Waals surface area contributed by atoms with E-state index in [1.807, 2.05) is 12.1 Å². The van der Waals surface area contributed by atoms with Crippen LogP contribution < -0.4 is 4.74 Å². The van der Waals surface area contributed by atoms with Crippen LogP contribution in [0, 0.1) is 0 Å². The standard InChI is InChI=1S/C17H25NO2/c1-17(2)9-4-10-18(17)15-8-5-12-11-13(20-3)6-7-14(12)16(15)19/h6-7,11,15-16,19H,4-5,8-10H2,1-3H3. The van der Waals surface area contributed by atoms with Gasteiger partial charge in [0.25, 0.3) is 0 Å². The Hall–Kier alpha value is -1.06. The quantitative estimate of drug-likeness (QED) is 0.901. The van der Waals surface area contributed by atoms with Crippen molar-refractivity contribution in [1.29, 1.82) is 0 Å². The molecule has 1 saturated heterocycles. The Kier molecular flexibility index (Phi) is 3.51. The maximum absolute atomic E-state index is 10.8. The zero-order chi connectivity index (χ0) is 14.3. The number of benzene rings is 1. The van der Waals surface area contributed by atoms with Crippen molar-refractivity contribution >= 4 is 0 Å². The van der Waals surface area contributed by atoms with Gasteiger partial charge in [-0.15, -0.1) is 0 Å². The van der Waals surface area contributed by atoms with Crippen molar-refractivity contribution in [2.24, 2.45) is 0 Å². The van der Waals surface area contributed by atoms with Crippen LogP contribution in [0.5, 0.6) is 5.75 Å². The van der Waals surface area contributed by atoms with Gasteiger partial charge in [0.2, 0.25) is 0 Å². The summed E-state index contributed by atoms with van der Waals surface area (Å²) in [6.45, 7) is 5.72. The molecule has 2 unspecified atom stereocenters. The predicted octanol–water partition coefficient (Wildman–Crippen LogP) is 2.92. The number of aliphatic hydroxyl groups is 1. The van der Waals surface area contributed by atoms with Crippen LogP contribution >= 0.6 is 0 Å².